The van der Waals surface area contributed by atoms with E-state index in [1.165, 1.54) is 6.33 Å². The molecular formula is C11H15N5. The lowest BCUT2D eigenvalue weighted by atomic mass is 10.3. The third kappa shape index (κ3) is 2.08. The molecule has 2 heterocycles. The number of aryl methyl sites for hydroxylation is 1. The van der Waals surface area contributed by atoms with Crippen molar-refractivity contribution in [1.29, 1.82) is 0 Å². The quantitative estimate of drug-likeness (QED) is 0.849. The Kier molecular flexibility index (Phi) is 2.94. The zero-order valence-corrected chi connectivity index (χ0v) is 9.73. The largest absolute Gasteiger partial charge is 0.367 e. The number of hydrogen-bond acceptors (Lipinski definition) is 5. The molecule has 0 spiro atoms. The Labute approximate surface area is 94.4 Å². The highest BCUT2D eigenvalue weighted by atomic mass is 15.1. The van der Waals surface area contributed by atoms with Crippen LogP contribution >= 0.6 is 0 Å². The minimum atomic E-state index is 0.322. The van der Waals surface area contributed by atoms with Crippen LogP contribution in [0.1, 0.15) is 26.6 Å². The van der Waals surface area contributed by atoms with Crippen molar-refractivity contribution in [3.8, 4) is 0 Å². The maximum atomic E-state index is 4.46. The lowest BCUT2D eigenvalue weighted by molar-refractivity contribution is 0.874. The molecule has 0 radical (unpaired) electrons. The zero-order valence-electron chi connectivity index (χ0n) is 9.73. The minimum absolute atomic E-state index is 0.322. The molecular weight excluding hydrogens is 202 g/mol. The van der Waals surface area contributed by atoms with Crippen molar-refractivity contribution in [3.05, 3.63) is 18.3 Å². The molecule has 2 aromatic rings. The van der Waals surface area contributed by atoms with Crippen molar-refractivity contribution >= 4 is 16.9 Å². The smallest absolute Gasteiger partial charge is 0.168 e. The maximum Gasteiger partial charge on any atom is 0.168 e. The highest BCUT2D eigenvalue weighted by Gasteiger charge is 2.08. The van der Waals surface area contributed by atoms with Crippen molar-refractivity contribution in [2.45, 2.75) is 33.2 Å². The fourth-order valence-corrected chi connectivity index (χ4v) is 1.46. The van der Waals surface area contributed by atoms with Crippen molar-refractivity contribution in [1.82, 2.24) is 19.9 Å². The first-order valence-corrected chi connectivity index (χ1v) is 5.44. The van der Waals surface area contributed by atoms with E-state index in [2.05, 4.69) is 39.1 Å². The normalized spacial score (nSPS) is 11.0. The van der Waals surface area contributed by atoms with Crippen LogP contribution in [0.5, 0.6) is 0 Å². The van der Waals surface area contributed by atoms with Crippen molar-refractivity contribution in [2.24, 2.45) is 0 Å². The van der Waals surface area contributed by atoms with Gasteiger partial charge in [0.1, 0.15) is 18.0 Å². The highest BCUT2D eigenvalue weighted by molar-refractivity contribution is 5.85. The summed E-state index contributed by atoms with van der Waals surface area (Å²) in [5.41, 5.74) is 0.699. The van der Waals surface area contributed by atoms with E-state index in [1.807, 2.05) is 6.92 Å². The van der Waals surface area contributed by atoms with Crippen LogP contribution in [0.3, 0.4) is 0 Å². The number of rotatable bonds is 3. The van der Waals surface area contributed by atoms with Crippen LogP contribution < -0.4 is 5.32 Å². The second-order valence-electron chi connectivity index (χ2n) is 3.90. The Balaban J connectivity index is 2.59. The molecule has 16 heavy (non-hydrogen) atoms. The highest BCUT2D eigenvalue weighted by Crippen LogP contribution is 2.18. The molecule has 84 valence electrons. The van der Waals surface area contributed by atoms with Gasteiger partial charge in [-0.05, 0) is 13.8 Å². The average molecular weight is 217 g/mol. The molecule has 0 saturated heterocycles. The van der Waals surface area contributed by atoms with E-state index in [-0.39, 0.29) is 0 Å². The van der Waals surface area contributed by atoms with Crippen LogP contribution in [-0.2, 0) is 6.42 Å². The minimum Gasteiger partial charge on any atom is -0.367 e. The summed E-state index contributed by atoms with van der Waals surface area (Å²) in [6, 6.07) is 0.322. The van der Waals surface area contributed by atoms with Crippen molar-refractivity contribution in [3.63, 3.8) is 0 Å². The van der Waals surface area contributed by atoms with E-state index in [4.69, 9.17) is 0 Å². The van der Waals surface area contributed by atoms with Gasteiger partial charge in [0.05, 0.1) is 5.39 Å². The molecule has 0 aliphatic heterocycles. The van der Waals surface area contributed by atoms with Crippen LogP contribution in [0.2, 0.25) is 0 Å². The predicted octanol–water partition coefficient (Wildman–Crippen LogP) is 1.80. The van der Waals surface area contributed by atoms with Crippen molar-refractivity contribution < 1.29 is 0 Å². The molecule has 0 atom stereocenters. The molecule has 2 rings (SSSR count). The van der Waals surface area contributed by atoms with Gasteiger partial charge in [0.2, 0.25) is 0 Å². The van der Waals surface area contributed by atoms with Gasteiger partial charge in [0.15, 0.2) is 5.65 Å². The predicted molar refractivity (Wildman–Crippen MR) is 63.3 cm³/mol. The Bertz CT molecular complexity index is 495. The molecule has 2 aromatic heterocycles. The lowest BCUT2D eigenvalue weighted by Crippen LogP contribution is -2.13. The molecule has 0 aliphatic rings. The summed E-state index contributed by atoms with van der Waals surface area (Å²) in [6.07, 6.45) is 4.05. The fraction of sp³-hybridized carbons (Fsp3) is 0.455. The summed E-state index contributed by atoms with van der Waals surface area (Å²) in [6.45, 7) is 6.17. The Morgan fingerprint density at radius 3 is 2.81 bits per heavy atom. The third-order valence-electron chi connectivity index (χ3n) is 2.16. The first-order valence-electron chi connectivity index (χ1n) is 5.44. The SMILES string of the molecule is CCc1nc(NC(C)C)c2cncnc2n1. The molecule has 0 aromatic carbocycles. The monoisotopic (exact) mass is 217 g/mol. The van der Waals surface area contributed by atoms with Gasteiger partial charge < -0.3 is 5.32 Å². The molecule has 5 nitrogen and oxygen atoms in total. The topological polar surface area (TPSA) is 63.6 Å². The van der Waals surface area contributed by atoms with E-state index < -0.39 is 0 Å². The first-order chi connectivity index (χ1) is 7.70. The summed E-state index contributed by atoms with van der Waals surface area (Å²) in [5.74, 6) is 1.62. The summed E-state index contributed by atoms with van der Waals surface area (Å²) in [5, 5.41) is 4.16. The zero-order chi connectivity index (χ0) is 11.5. The van der Waals surface area contributed by atoms with Gasteiger partial charge in [-0.1, -0.05) is 6.92 Å². The van der Waals surface area contributed by atoms with E-state index in [9.17, 15) is 0 Å². The van der Waals surface area contributed by atoms with Gasteiger partial charge in [0, 0.05) is 18.7 Å². The van der Waals surface area contributed by atoms with Gasteiger partial charge in [-0.15, -0.1) is 0 Å². The van der Waals surface area contributed by atoms with Gasteiger partial charge >= 0.3 is 0 Å². The second kappa shape index (κ2) is 4.38. The summed E-state index contributed by atoms with van der Waals surface area (Å²) < 4.78 is 0. The van der Waals surface area contributed by atoms with Crippen LogP contribution in [-0.4, -0.2) is 26.0 Å². The lowest BCUT2D eigenvalue weighted by Gasteiger charge is -2.11. The summed E-state index contributed by atoms with van der Waals surface area (Å²) in [4.78, 5) is 17.0. The number of anilines is 1. The molecule has 5 heteroatoms. The molecule has 1 N–H and O–H groups in total. The average Bonchev–Trinajstić information content (AvgIpc) is 2.28. The Morgan fingerprint density at radius 1 is 1.31 bits per heavy atom. The number of hydrogen-bond donors (Lipinski definition) is 1. The molecule has 0 fully saturated rings. The number of fused-ring (bicyclic) bond motifs is 1. The summed E-state index contributed by atoms with van der Waals surface area (Å²) >= 11 is 0. The van der Waals surface area contributed by atoms with E-state index >= 15 is 0 Å². The molecule has 0 amide bonds. The van der Waals surface area contributed by atoms with Crippen LogP contribution in [0.4, 0.5) is 5.82 Å². The standard InChI is InChI=1S/C11H15N5/c1-4-9-15-10-8(5-12-6-13-10)11(16-9)14-7(2)3/h5-7H,4H2,1-3H3,(H,12,13,14,15,16). The summed E-state index contributed by atoms with van der Waals surface area (Å²) in [7, 11) is 0. The number of aromatic nitrogens is 4. The van der Waals surface area contributed by atoms with Gasteiger partial charge in [-0.2, -0.15) is 0 Å². The Morgan fingerprint density at radius 2 is 2.12 bits per heavy atom. The Hall–Kier alpha value is -1.78. The van der Waals surface area contributed by atoms with E-state index in [0.717, 1.165) is 23.4 Å². The van der Waals surface area contributed by atoms with Crippen LogP contribution in [0.15, 0.2) is 12.5 Å². The van der Waals surface area contributed by atoms with Crippen LogP contribution in [0.25, 0.3) is 11.0 Å². The first kappa shape index (κ1) is 10.7. The molecule has 0 aliphatic carbocycles. The van der Waals surface area contributed by atoms with Gasteiger partial charge in [-0.25, -0.2) is 19.9 Å². The molecule has 0 bridgehead atoms. The van der Waals surface area contributed by atoms with Crippen molar-refractivity contribution in [2.75, 3.05) is 5.32 Å². The van der Waals surface area contributed by atoms with Crippen LogP contribution in [0, 0.1) is 0 Å². The maximum absolute atomic E-state index is 4.46. The van der Waals surface area contributed by atoms with E-state index in [0.29, 0.717) is 11.7 Å². The number of nitrogens with zero attached hydrogens (tertiary/aromatic N) is 4. The molecule has 0 unspecified atom stereocenters. The van der Waals surface area contributed by atoms with E-state index in [1.54, 1.807) is 6.20 Å². The van der Waals surface area contributed by atoms with Gasteiger partial charge in [0.25, 0.3) is 0 Å². The third-order valence-corrected chi connectivity index (χ3v) is 2.16. The number of nitrogens with one attached hydrogen (secondary N) is 1. The fourth-order valence-electron chi connectivity index (χ4n) is 1.46. The molecule has 0 saturated carbocycles. The second-order valence-corrected chi connectivity index (χ2v) is 3.90. The van der Waals surface area contributed by atoms with Gasteiger partial charge in [-0.3, -0.25) is 0 Å².